The topological polar surface area (TPSA) is 86.8 Å². The van der Waals surface area contributed by atoms with Crippen molar-refractivity contribution in [2.75, 3.05) is 17.9 Å². The minimum atomic E-state index is -4.32. The van der Waals surface area contributed by atoms with Crippen molar-refractivity contribution in [2.24, 2.45) is 0 Å². The molecule has 0 saturated carbocycles. The van der Waals surface area contributed by atoms with Gasteiger partial charge in [-0.05, 0) is 59.7 Å². The van der Waals surface area contributed by atoms with Crippen LogP contribution in [0.15, 0.2) is 114 Å². The fourth-order valence-electron chi connectivity index (χ4n) is 4.36. The molecule has 0 aromatic heterocycles. The van der Waals surface area contributed by atoms with Crippen LogP contribution in [-0.4, -0.2) is 44.8 Å². The Morgan fingerprint density at radius 1 is 0.756 bits per heavy atom. The molecule has 0 saturated heterocycles. The van der Waals surface area contributed by atoms with Gasteiger partial charge in [0.05, 0.1) is 10.6 Å². The van der Waals surface area contributed by atoms with Crippen LogP contribution in [0.25, 0.3) is 0 Å². The normalized spacial score (nSPS) is 11.9. The van der Waals surface area contributed by atoms with Crippen LogP contribution in [-0.2, 0) is 32.6 Å². The Balaban J connectivity index is 1.76. The third kappa shape index (κ3) is 7.34. The molecule has 10 heteroatoms. The molecule has 4 aromatic carbocycles. The van der Waals surface area contributed by atoms with E-state index in [9.17, 15) is 26.8 Å². The molecule has 0 spiro atoms. The molecule has 7 nitrogen and oxygen atoms in total. The van der Waals surface area contributed by atoms with E-state index in [-0.39, 0.29) is 23.5 Å². The standard InChI is InChI=1S/C31H29F2N3O4S/c1-34-31(38)29(20-23-8-4-2-5-9-23)35(21-24-12-14-25(32)15-13-24)30(37)22-36(27-10-6-3-7-11-27)41(39,40)28-18-16-26(33)17-19-28/h2-19,29H,20-22H2,1H3,(H,34,38)/t29-/m0/s1. The number of carbonyl (C=O) groups excluding carboxylic acids is 2. The monoisotopic (exact) mass is 577 g/mol. The van der Waals surface area contributed by atoms with E-state index in [2.05, 4.69) is 5.32 Å². The van der Waals surface area contributed by atoms with Gasteiger partial charge >= 0.3 is 0 Å². The fourth-order valence-corrected chi connectivity index (χ4v) is 5.78. The number of para-hydroxylation sites is 1. The lowest BCUT2D eigenvalue weighted by Crippen LogP contribution is -2.53. The maximum atomic E-state index is 14.1. The zero-order valence-electron chi connectivity index (χ0n) is 22.3. The number of sulfonamides is 1. The highest BCUT2D eigenvalue weighted by atomic mass is 32.2. The largest absolute Gasteiger partial charge is 0.357 e. The molecule has 4 aromatic rings. The van der Waals surface area contributed by atoms with Crippen LogP contribution in [0.1, 0.15) is 11.1 Å². The highest BCUT2D eigenvalue weighted by Gasteiger charge is 2.34. The van der Waals surface area contributed by atoms with Crippen molar-refractivity contribution < 1.29 is 26.8 Å². The third-order valence-corrected chi connectivity index (χ3v) is 8.30. The molecule has 0 aliphatic rings. The summed E-state index contributed by atoms with van der Waals surface area (Å²) in [4.78, 5) is 28.4. The highest BCUT2D eigenvalue weighted by Crippen LogP contribution is 2.25. The average molecular weight is 578 g/mol. The molecule has 4 rings (SSSR count). The lowest BCUT2D eigenvalue weighted by atomic mass is 10.0. The first kappa shape index (κ1) is 29.4. The SMILES string of the molecule is CNC(=O)[C@H](Cc1ccccc1)N(Cc1ccc(F)cc1)C(=O)CN(c1ccccc1)S(=O)(=O)c1ccc(F)cc1. The van der Waals surface area contributed by atoms with Crippen LogP contribution in [0.3, 0.4) is 0 Å². The number of benzene rings is 4. The van der Waals surface area contributed by atoms with E-state index < -0.39 is 46.1 Å². The van der Waals surface area contributed by atoms with Gasteiger partial charge in [0.15, 0.2) is 0 Å². The zero-order valence-corrected chi connectivity index (χ0v) is 23.1. The van der Waals surface area contributed by atoms with Gasteiger partial charge < -0.3 is 10.2 Å². The van der Waals surface area contributed by atoms with Crippen molar-refractivity contribution in [3.63, 3.8) is 0 Å². The molecule has 0 aliphatic heterocycles. The molecule has 41 heavy (non-hydrogen) atoms. The predicted octanol–water partition coefficient (Wildman–Crippen LogP) is 4.55. The van der Waals surface area contributed by atoms with Gasteiger partial charge in [-0.1, -0.05) is 60.7 Å². The summed E-state index contributed by atoms with van der Waals surface area (Å²) in [5.41, 5.74) is 1.55. The van der Waals surface area contributed by atoms with Crippen LogP contribution in [0.2, 0.25) is 0 Å². The number of nitrogens with zero attached hydrogens (tertiary/aromatic N) is 2. The molecule has 0 heterocycles. The van der Waals surface area contributed by atoms with E-state index in [1.54, 1.807) is 30.3 Å². The van der Waals surface area contributed by atoms with Crippen molar-refractivity contribution >= 4 is 27.5 Å². The first-order valence-corrected chi connectivity index (χ1v) is 14.3. The maximum Gasteiger partial charge on any atom is 0.264 e. The Bertz CT molecular complexity index is 1570. The minimum absolute atomic E-state index is 0.0801. The summed E-state index contributed by atoms with van der Waals surface area (Å²) in [6.45, 7) is -0.726. The Hall–Kier alpha value is -4.57. The Labute approximate surface area is 238 Å². The number of hydrogen-bond donors (Lipinski definition) is 1. The van der Waals surface area contributed by atoms with Gasteiger partial charge in [0, 0.05) is 20.0 Å². The van der Waals surface area contributed by atoms with E-state index >= 15 is 0 Å². The second kappa shape index (κ2) is 13.2. The van der Waals surface area contributed by atoms with Gasteiger partial charge in [-0.3, -0.25) is 13.9 Å². The lowest BCUT2D eigenvalue weighted by molar-refractivity contribution is -0.139. The number of carbonyl (C=O) groups is 2. The van der Waals surface area contributed by atoms with Crippen molar-refractivity contribution in [2.45, 2.75) is 23.9 Å². The Morgan fingerprint density at radius 2 is 1.29 bits per heavy atom. The molecule has 0 unspecified atom stereocenters. The van der Waals surface area contributed by atoms with E-state index in [4.69, 9.17) is 0 Å². The number of nitrogens with one attached hydrogen (secondary N) is 1. The second-order valence-corrected chi connectivity index (χ2v) is 11.1. The molecule has 1 atom stereocenters. The maximum absolute atomic E-state index is 14.1. The van der Waals surface area contributed by atoms with Crippen molar-refractivity contribution in [1.29, 1.82) is 0 Å². The van der Waals surface area contributed by atoms with Crippen LogP contribution < -0.4 is 9.62 Å². The van der Waals surface area contributed by atoms with E-state index in [1.807, 2.05) is 30.3 Å². The summed E-state index contributed by atoms with van der Waals surface area (Å²) in [6, 6.07) is 26.0. The summed E-state index contributed by atoms with van der Waals surface area (Å²) in [7, 11) is -2.86. The van der Waals surface area contributed by atoms with Gasteiger partial charge in [-0.2, -0.15) is 0 Å². The Morgan fingerprint density at radius 3 is 1.85 bits per heavy atom. The average Bonchev–Trinajstić information content (AvgIpc) is 2.99. The first-order valence-electron chi connectivity index (χ1n) is 12.8. The van der Waals surface area contributed by atoms with Gasteiger partial charge in [0.25, 0.3) is 10.0 Å². The molecule has 212 valence electrons. The zero-order chi connectivity index (χ0) is 29.4. The fraction of sp³-hybridized carbons (Fsp3) is 0.161. The van der Waals surface area contributed by atoms with Crippen molar-refractivity contribution in [3.8, 4) is 0 Å². The van der Waals surface area contributed by atoms with Crippen molar-refractivity contribution in [3.05, 3.63) is 132 Å². The minimum Gasteiger partial charge on any atom is -0.357 e. The van der Waals surface area contributed by atoms with Gasteiger partial charge in [0.2, 0.25) is 11.8 Å². The molecule has 0 aliphatic carbocycles. The number of anilines is 1. The predicted molar refractivity (Wildman–Crippen MR) is 152 cm³/mol. The van der Waals surface area contributed by atoms with E-state index in [0.717, 1.165) is 34.1 Å². The smallest absolute Gasteiger partial charge is 0.264 e. The molecular weight excluding hydrogens is 548 g/mol. The molecule has 0 bridgehead atoms. The summed E-state index contributed by atoms with van der Waals surface area (Å²) >= 11 is 0. The van der Waals surface area contributed by atoms with Crippen molar-refractivity contribution in [1.82, 2.24) is 10.2 Å². The summed E-state index contributed by atoms with van der Waals surface area (Å²) in [5.74, 6) is -2.17. The van der Waals surface area contributed by atoms with Gasteiger partial charge in [0.1, 0.15) is 24.2 Å². The summed E-state index contributed by atoms with van der Waals surface area (Å²) in [5, 5.41) is 2.60. The number of likely N-dealkylation sites (N-methyl/N-ethyl adjacent to an activating group) is 1. The van der Waals surface area contributed by atoms with Crippen LogP contribution in [0.4, 0.5) is 14.5 Å². The summed E-state index contributed by atoms with van der Waals surface area (Å²) in [6.07, 6.45) is 0.156. The lowest BCUT2D eigenvalue weighted by Gasteiger charge is -2.33. The van der Waals surface area contributed by atoms with E-state index in [0.29, 0.717) is 5.56 Å². The highest BCUT2D eigenvalue weighted by molar-refractivity contribution is 7.92. The molecule has 0 fully saturated rings. The number of rotatable bonds is 11. The number of halogens is 2. The number of amides is 2. The quantitative estimate of drug-likeness (QED) is 0.284. The van der Waals surface area contributed by atoms with Crippen LogP contribution in [0, 0.1) is 11.6 Å². The Kier molecular flexibility index (Phi) is 9.46. The third-order valence-electron chi connectivity index (χ3n) is 6.51. The molecule has 2 amide bonds. The second-order valence-electron chi connectivity index (χ2n) is 9.27. The number of hydrogen-bond acceptors (Lipinski definition) is 4. The molecular formula is C31H29F2N3O4S. The van der Waals surface area contributed by atoms with Crippen LogP contribution >= 0.6 is 0 Å². The summed E-state index contributed by atoms with van der Waals surface area (Å²) < 4.78 is 55.7. The molecule has 0 radical (unpaired) electrons. The van der Waals surface area contributed by atoms with Gasteiger partial charge in [-0.25, -0.2) is 17.2 Å². The van der Waals surface area contributed by atoms with Gasteiger partial charge in [-0.15, -0.1) is 0 Å². The first-order chi connectivity index (χ1) is 19.7. The van der Waals surface area contributed by atoms with E-state index in [1.165, 1.54) is 36.2 Å². The van der Waals surface area contributed by atoms with Crippen LogP contribution in [0.5, 0.6) is 0 Å². The molecule has 1 N–H and O–H groups in total.